The fraction of sp³-hybridized carbons (Fsp3) is 0.500. The normalized spacial score (nSPS) is 19.1. The van der Waals surface area contributed by atoms with Crippen molar-refractivity contribution in [2.24, 2.45) is 5.92 Å². The summed E-state index contributed by atoms with van der Waals surface area (Å²) in [4.78, 5) is 27.5. The molecular formula is C22H25Cl2N3O3. The summed E-state index contributed by atoms with van der Waals surface area (Å²) in [5.41, 5.74) is 3.03. The topological polar surface area (TPSA) is 64.4 Å². The van der Waals surface area contributed by atoms with Crippen LogP contribution in [0.5, 0.6) is 0 Å². The van der Waals surface area contributed by atoms with Gasteiger partial charge in [-0.05, 0) is 57.7 Å². The number of rotatable bonds is 5. The van der Waals surface area contributed by atoms with E-state index in [2.05, 4.69) is 0 Å². The number of nitrogens with zero attached hydrogens (tertiary/aromatic N) is 3. The Bertz CT molecular complexity index is 984. The Labute approximate surface area is 186 Å². The van der Waals surface area contributed by atoms with Crippen LogP contribution in [0.3, 0.4) is 0 Å². The zero-order chi connectivity index (χ0) is 21.4. The van der Waals surface area contributed by atoms with Gasteiger partial charge in [0.05, 0.1) is 45.2 Å². The molecule has 1 aliphatic carbocycles. The maximum absolute atomic E-state index is 13.5. The van der Waals surface area contributed by atoms with Crippen LogP contribution < -0.4 is 0 Å². The van der Waals surface area contributed by atoms with Crippen molar-refractivity contribution in [3.63, 3.8) is 0 Å². The fourth-order valence-electron chi connectivity index (χ4n) is 4.07. The van der Waals surface area contributed by atoms with Crippen molar-refractivity contribution in [1.29, 1.82) is 0 Å². The van der Waals surface area contributed by atoms with Crippen molar-refractivity contribution in [2.45, 2.75) is 45.4 Å². The van der Waals surface area contributed by atoms with Gasteiger partial charge in [-0.15, -0.1) is 0 Å². The maximum atomic E-state index is 13.5. The van der Waals surface area contributed by atoms with E-state index in [9.17, 15) is 9.59 Å². The van der Waals surface area contributed by atoms with E-state index in [0.717, 1.165) is 42.8 Å². The number of carbonyl (C=O) groups is 2. The van der Waals surface area contributed by atoms with Crippen LogP contribution in [0, 0.1) is 12.8 Å². The minimum atomic E-state index is -0.266. The molecule has 0 spiro atoms. The largest absolute Gasteiger partial charge is 0.466 e. The van der Waals surface area contributed by atoms with Crippen molar-refractivity contribution in [1.82, 2.24) is 14.7 Å². The van der Waals surface area contributed by atoms with Crippen molar-refractivity contribution < 1.29 is 14.3 Å². The van der Waals surface area contributed by atoms with Crippen LogP contribution in [-0.2, 0) is 9.53 Å². The van der Waals surface area contributed by atoms with Gasteiger partial charge in [0.25, 0.3) is 5.91 Å². The van der Waals surface area contributed by atoms with E-state index in [4.69, 9.17) is 33.0 Å². The minimum absolute atomic E-state index is 0.0605. The first-order valence-corrected chi connectivity index (χ1v) is 11.2. The molecule has 1 aliphatic heterocycles. The van der Waals surface area contributed by atoms with Crippen molar-refractivity contribution in [3.8, 4) is 5.69 Å². The summed E-state index contributed by atoms with van der Waals surface area (Å²) < 4.78 is 6.95. The van der Waals surface area contributed by atoms with Gasteiger partial charge < -0.3 is 9.64 Å². The van der Waals surface area contributed by atoms with Crippen LogP contribution in [0.4, 0.5) is 0 Å². The van der Waals surface area contributed by atoms with Gasteiger partial charge in [-0.2, -0.15) is 5.10 Å². The van der Waals surface area contributed by atoms with Crippen molar-refractivity contribution >= 4 is 35.1 Å². The van der Waals surface area contributed by atoms with Crippen LogP contribution in [0.2, 0.25) is 10.0 Å². The Balaban J connectivity index is 1.66. The van der Waals surface area contributed by atoms with E-state index in [1.54, 1.807) is 28.6 Å². The second-order valence-corrected chi connectivity index (χ2v) is 8.79. The zero-order valence-corrected chi connectivity index (χ0v) is 18.7. The van der Waals surface area contributed by atoms with Crippen molar-refractivity contribution in [3.05, 3.63) is 45.2 Å². The molecule has 30 heavy (non-hydrogen) atoms. The lowest BCUT2D eigenvalue weighted by Gasteiger charge is -2.31. The van der Waals surface area contributed by atoms with Gasteiger partial charge in [-0.25, -0.2) is 4.68 Å². The SMILES string of the molecule is CCOC(=O)[C@@H]1CCCN(C(=O)c2c(C3CC3)nn(-c3ccc(Cl)c(Cl)c3)c2C)C1. The molecule has 160 valence electrons. The second-order valence-electron chi connectivity index (χ2n) is 7.97. The summed E-state index contributed by atoms with van der Waals surface area (Å²) in [7, 11) is 0. The first-order chi connectivity index (χ1) is 14.4. The molecule has 2 heterocycles. The van der Waals surface area contributed by atoms with Gasteiger partial charge in [0.1, 0.15) is 0 Å². The van der Waals surface area contributed by atoms with E-state index in [0.29, 0.717) is 41.2 Å². The van der Waals surface area contributed by atoms with E-state index < -0.39 is 0 Å². The first-order valence-electron chi connectivity index (χ1n) is 10.4. The van der Waals surface area contributed by atoms with Crippen LogP contribution >= 0.6 is 23.2 Å². The number of aromatic nitrogens is 2. The second kappa shape index (κ2) is 8.60. The number of amides is 1. The van der Waals surface area contributed by atoms with Gasteiger partial charge in [0.2, 0.25) is 0 Å². The summed E-state index contributed by atoms with van der Waals surface area (Å²) in [6.07, 6.45) is 3.60. The van der Waals surface area contributed by atoms with Gasteiger partial charge >= 0.3 is 5.97 Å². The Kier molecular flexibility index (Phi) is 6.07. The minimum Gasteiger partial charge on any atom is -0.466 e. The molecule has 1 saturated carbocycles. The first kappa shape index (κ1) is 21.2. The van der Waals surface area contributed by atoms with E-state index in [1.807, 2.05) is 13.0 Å². The highest BCUT2D eigenvalue weighted by Crippen LogP contribution is 2.42. The highest BCUT2D eigenvalue weighted by Gasteiger charge is 2.37. The van der Waals surface area contributed by atoms with Crippen LogP contribution in [0.1, 0.15) is 60.3 Å². The van der Waals surface area contributed by atoms with Gasteiger partial charge in [0.15, 0.2) is 0 Å². The molecule has 2 aliphatic rings. The van der Waals surface area contributed by atoms with E-state index >= 15 is 0 Å². The zero-order valence-electron chi connectivity index (χ0n) is 17.2. The van der Waals surface area contributed by atoms with Gasteiger partial charge in [-0.3, -0.25) is 9.59 Å². The number of piperidine rings is 1. The van der Waals surface area contributed by atoms with Crippen LogP contribution in [0.15, 0.2) is 18.2 Å². The highest BCUT2D eigenvalue weighted by molar-refractivity contribution is 6.42. The number of hydrogen-bond donors (Lipinski definition) is 0. The number of esters is 1. The molecule has 0 bridgehead atoms. The molecule has 1 aromatic heterocycles. The average molecular weight is 450 g/mol. The smallest absolute Gasteiger partial charge is 0.310 e. The van der Waals surface area contributed by atoms with Crippen LogP contribution in [0.25, 0.3) is 5.69 Å². The van der Waals surface area contributed by atoms with Gasteiger partial charge in [-0.1, -0.05) is 23.2 Å². The molecule has 1 saturated heterocycles. The molecular weight excluding hydrogens is 425 g/mol. The Morgan fingerprint density at radius 2 is 1.97 bits per heavy atom. The highest BCUT2D eigenvalue weighted by atomic mass is 35.5. The molecule has 8 heteroatoms. The lowest BCUT2D eigenvalue weighted by molar-refractivity contribution is -0.149. The third-order valence-corrected chi connectivity index (χ3v) is 6.54. The third kappa shape index (κ3) is 4.08. The summed E-state index contributed by atoms with van der Waals surface area (Å²) in [5.74, 6) is -0.245. The van der Waals surface area contributed by atoms with Crippen LogP contribution in [-0.4, -0.2) is 46.3 Å². The molecule has 1 amide bonds. The third-order valence-electron chi connectivity index (χ3n) is 5.80. The van der Waals surface area contributed by atoms with E-state index in [-0.39, 0.29) is 17.8 Å². The number of carbonyl (C=O) groups excluding carboxylic acids is 2. The molecule has 0 radical (unpaired) electrons. The number of ether oxygens (including phenoxy) is 1. The lowest BCUT2D eigenvalue weighted by atomic mass is 9.97. The molecule has 1 atom stereocenters. The predicted molar refractivity (Wildman–Crippen MR) is 116 cm³/mol. The van der Waals surface area contributed by atoms with E-state index in [1.165, 1.54) is 0 Å². The quantitative estimate of drug-likeness (QED) is 0.615. The van der Waals surface area contributed by atoms with Crippen molar-refractivity contribution in [2.75, 3.05) is 19.7 Å². The predicted octanol–water partition coefficient (Wildman–Crippen LogP) is 4.78. The summed E-state index contributed by atoms with van der Waals surface area (Å²) in [6, 6.07) is 5.33. The maximum Gasteiger partial charge on any atom is 0.310 e. The monoisotopic (exact) mass is 449 g/mol. The number of hydrogen-bond acceptors (Lipinski definition) is 4. The number of halogens is 2. The molecule has 1 aromatic carbocycles. The Morgan fingerprint density at radius 1 is 1.20 bits per heavy atom. The standard InChI is InChI=1S/C22H25Cl2N3O3/c1-3-30-22(29)15-5-4-10-26(12-15)21(28)19-13(2)27(25-20(19)14-6-7-14)16-8-9-17(23)18(24)11-16/h8-9,11,14-15H,3-7,10,12H2,1-2H3/t15-/m1/s1. The average Bonchev–Trinajstić information content (AvgIpc) is 3.53. The molecule has 0 N–H and O–H groups in total. The summed E-state index contributed by atoms with van der Waals surface area (Å²) in [5, 5.41) is 5.71. The Morgan fingerprint density at radius 3 is 2.63 bits per heavy atom. The Hall–Kier alpha value is -2.05. The van der Waals surface area contributed by atoms with Gasteiger partial charge in [0, 0.05) is 19.0 Å². The molecule has 2 fully saturated rings. The molecule has 6 nitrogen and oxygen atoms in total. The molecule has 2 aromatic rings. The number of benzene rings is 1. The molecule has 0 unspecified atom stereocenters. The lowest BCUT2D eigenvalue weighted by Crippen LogP contribution is -2.43. The fourth-order valence-corrected chi connectivity index (χ4v) is 4.36. The molecule has 4 rings (SSSR count). The summed E-state index contributed by atoms with van der Waals surface area (Å²) >= 11 is 12.3. The number of likely N-dealkylation sites (tertiary alicyclic amines) is 1. The summed E-state index contributed by atoms with van der Waals surface area (Å²) in [6.45, 7) is 5.08.